The van der Waals surface area contributed by atoms with Gasteiger partial charge >= 0.3 is 18.9 Å². The Morgan fingerprint density at radius 2 is 0.714 bits per heavy atom. The van der Waals surface area contributed by atoms with E-state index in [2.05, 4.69) is 89.6 Å². The SMILES string of the molecule is Cc1c(C)c(C)c2c(c1C)-c1nc-2nc2[nH]c(nc3nc(nc4[nH]c(n1)c1ccccc41)-c1ccccc1-3)c1c(C)c(C)c(C)c(C)c21.[LiH]. The molecule has 2 N–H and O–H groups in total. The van der Waals surface area contributed by atoms with Crippen LogP contribution in [0.4, 0.5) is 0 Å². The van der Waals surface area contributed by atoms with Crippen LogP contribution in [0.2, 0.25) is 0 Å². The zero-order chi connectivity index (χ0) is 33.2. The Balaban J connectivity index is 0.00000348. The molecule has 2 aliphatic rings. The summed E-state index contributed by atoms with van der Waals surface area (Å²) >= 11 is 0. The summed E-state index contributed by atoms with van der Waals surface area (Å²) < 4.78 is 0. The van der Waals surface area contributed by atoms with Crippen molar-refractivity contribution in [2.24, 2.45) is 0 Å². The van der Waals surface area contributed by atoms with Crippen LogP contribution in [-0.4, -0.2) is 58.7 Å². The molecule has 3 aromatic heterocycles. The average molecular weight is 635 g/mol. The standard InChI is InChI=1S/C40H34N8.Li.H/c1-17-19(3)23(7)31-29(21(17)5)37-44-35-27-15-11-9-13-25(27)33(42-35)41-34-26-14-10-12-16-28(26)36(43-34)45-38-30-22(6)18(2)20(4)24(8)32(30)40(47-38)48-39(31)46-37;;/h9-16H,1-8H3,(H2,41,42,43,44,45,46,47,48);;. The summed E-state index contributed by atoms with van der Waals surface area (Å²) in [5.74, 6) is 2.49. The first-order chi connectivity index (χ1) is 23.1. The predicted octanol–water partition coefficient (Wildman–Crippen LogP) is 8.69. The average Bonchev–Trinajstić information content (AvgIpc) is 3.83. The third-order valence-electron chi connectivity index (χ3n) is 10.9. The minimum absolute atomic E-state index is 0. The van der Waals surface area contributed by atoms with Gasteiger partial charge in [-0.25, -0.2) is 29.9 Å². The summed E-state index contributed by atoms with van der Waals surface area (Å²) in [6, 6.07) is 16.3. The number of nitrogens with zero attached hydrogens (tertiary/aromatic N) is 6. The van der Waals surface area contributed by atoms with E-state index in [9.17, 15) is 0 Å². The molecule has 0 saturated heterocycles. The van der Waals surface area contributed by atoms with E-state index in [1.54, 1.807) is 0 Å². The third-order valence-corrected chi connectivity index (χ3v) is 10.9. The van der Waals surface area contributed by atoms with Crippen molar-refractivity contribution in [1.82, 2.24) is 39.9 Å². The van der Waals surface area contributed by atoms with Gasteiger partial charge in [-0.3, -0.25) is 0 Å². The molecule has 49 heavy (non-hydrogen) atoms. The number of hydrogen-bond donors (Lipinski definition) is 2. The van der Waals surface area contributed by atoms with Gasteiger partial charge < -0.3 is 9.97 Å². The minimum atomic E-state index is 0. The molecule has 9 heteroatoms. The Morgan fingerprint density at radius 1 is 0.367 bits per heavy atom. The van der Waals surface area contributed by atoms with E-state index in [-0.39, 0.29) is 18.9 Å². The van der Waals surface area contributed by atoms with E-state index < -0.39 is 0 Å². The van der Waals surface area contributed by atoms with Gasteiger partial charge in [0.25, 0.3) is 0 Å². The quantitative estimate of drug-likeness (QED) is 0.162. The van der Waals surface area contributed by atoms with Crippen LogP contribution >= 0.6 is 0 Å². The van der Waals surface area contributed by atoms with Gasteiger partial charge in [0.15, 0.2) is 23.3 Å². The first-order valence-electron chi connectivity index (χ1n) is 16.3. The Bertz CT molecular complexity index is 2770. The van der Waals surface area contributed by atoms with Gasteiger partial charge in [-0.05, 0) is 99.9 Å². The number of aromatic nitrogens is 8. The van der Waals surface area contributed by atoms with Crippen molar-refractivity contribution in [3.8, 4) is 45.6 Å². The predicted molar refractivity (Wildman–Crippen MR) is 201 cm³/mol. The van der Waals surface area contributed by atoms with Crippen molar-refractivity contribution >= 4 is 63.0 Å². The maximum absolute atomic E-state index is 5.36. The van der Waals surface area contributed by atoms with Crippen LogP contribution in [0.15, 0.2) is 48.5 Å². The van der Waals surface area contributed by atoms with Gasteiger partial charge in [0, 0.05) is 43.8 Å². The van der Waals surface area contributed by atoms with E-state index in [4.69, 9.17) is 29.9 Å². The normalized spacial score (nSPS) is 11.9. The molecule has 4 aromatic carbocycles. The Hall–Kier alpha value is -5.16. The summed E-state index contributed by atoms with van der Waals surface area (Å²) in [7, 11) is 0. The molecule has 5 heterocycles. The van der Waals surface area contributed by atoms with E-state index in [0.717, 1.165) is 66.2 Å². The molecule has 0 unspecified atom stereocenters. The molecule has 236 valence electrons. The molecule has 0 spiro atoms. The Kier molecular flexibility index (Phi) is 6.94. The number of rotatable bonds is 0. The second-order valence-corrected chi connectivity index (χ2v) is 13.2. The summed E-state index contributed by atoms with van der Waals surface area (Å²) in [5.41, 5.74) is 16.4. The number of benzene rings is 4. The molecule has 0 atom stereocenters. The second kappa shape index (κ2) is 10.9. The summed E-state index contributed by atoms with van der Waals surface area (Å²) in [6.45, 7) is 17.4. The first kappa shape index (κ1) is 31.1. The van der Waals surface area contributed by atoms with Crippen molar-refractivity contribution in [1.29, 1.82) is 0 Å². The van der Waals surface area contributed by atoms with Gasteiger partial charge in [0.2, 0.25) is 0 Å². The molecular formula is C40H35LiN8. The molecule has 0 amide bonds. The zero-order valence-corrected chi connectivity index (χ0v) is 28.3. The van der Waals surface area contributed by atoms with Gasteiger partial charge in [-0.15, -0.1) is 0 Å². The Labute approximate surface area is 295 Å². The number of nitrogens with one attached hydrogen (secondary N) is 2. The number of fused-ring (bicyclic) bond motifs is 20. The van der Waals surface area contributed by atoms with Crippen LogP contribution in [0.25, 0.3) is 89.7 Å². The summed E-state index contributed by atoms with van der Waals surface area (Å²) in [5, 5.41) is 4.02. The van der Waals surface area contributed by atoms with Crippen LogP contribution in [0.3, 0.4) is 0 Å². The summed E-state index contributed by atoms with van der Waals surface area (Å²) in [4.78, 5) is 38.4. The molecular weight excluding hydrogens is 599 g/mol. The van der Waals surface area contributed by atoms with Crippen LogP contribution in [0.5, 0.6) is 0 Å². The molecule has 0 fully saturated rings. The molecule has 7 aromatic rings. The van der Waals surface area contributed by atoms with E-state index in [1.807, 2.05) is 24.3 Å². The van der Waals surface area contributed by atoms with Gasteiger partial charge in [-0.1, -0.05) is 48.5 Å². The van der Waals surface area contributed by atoms with Crippen molar-refractivity contribution in [2.45, 2.75) is 55.4 Å². The van der Waals surface area contributed by atoms with Gasteiger partial charge in [-0.2, -0.15) is 0 Å². The zero-order valence-electron chi connectivity index (χ0n) is 28.3. The van der Waals surface area contributed by atoms with Crippen LogP contribution < -0.4 is 0 Å². The van der Waals surface area contributed by atoms with Crippen molar-refractivity contribution in [3.05, 3.63) is 93.0 Å². The molecule has 9 rings (SSSR count). The van der Waals surface area contributed by atoms with Crippen LogP contribution in [0.1, 0.15) is 44.5 Å². The Morgan fingerprint density at radius 3 is 1.20 bits per heavy atom. The van der Waals surface area contributed by atoms with Crippen molar-refractivity contribution < 1.29 is 0 Å². The molecule has 8 bridgehead atoms. The topological polar surface area (TPSA) is 109 Å². The van der Waals surface area contributed by atoms with E-state index >= 15 is 0 Å². The maximum atomic E-state index is 5.36. The van der Waals surface area contributed by atoms with Gasteiger partial charge in [0.1, 0.15) is 22.6 Å². The third kappa shape index (κ3) is 4.30. The fourth-order valence-electron chi connectivity index (χ4n) is 7.56. The molecule has 0 radical (unpaired) electrons. The second-order valence-electron chi connectivity index (χ2n) is 13.2. The van der Waals surface area contributed by atoms with Gasteiger partial charge in [0.05, 0.1) is 0 Å². The molecule has 0 saturated carbocycles. The van der Waals surface area contributed by atoms with E-state index in [0.29, 0.717) is 34.6 Å². The number of hydrogen-bond acceptors (Lipinski definition) is 6. The molecule has 0 aliphatic carbocycles. The fourth-order valence-corrected chi connectivity index (χ4v) is 7.56. The van der Waals surface area contributed by atoms with Crippen LogP contribution in [0, 0.1) is 55.4 Å². The fraction of sp³-hybridized carbons (Fsp3) is 0.200. The molecule has 8 nitrogen and oxygen atoms in total. The monoisotopic (exact) mass is 634 g/mol. The number of aromatic amines is 2. The number of H-pyrrole nitrogens is 2. The number of aryl methyl sites for hydroxylation is 2. The van der Waals surface area contributed by atoms with Crippen LogP contribution in [-0.2, 0) is 0 Å². The first-order valence-corrected chi connectivity index (χ1v) is 16.3. The van der Waals surface area contributed by atoms with Crippen molar-refractivity contribution in [2.75, 3.05) is 0 Å². The molecule has 2 aliphatic heterocycles. The van der Waals surface area contributed by atoms with E-state index in [1.165, 1.54) is 33.4 Å². The summed E-state index contributed by atoms with van der Waals surface area (Å²) in [6.07, 6.45) is 0. The van der Waals surface area contributed by atoms with Crippen molar-refractivity contribution in [3.63, 3.8) is 0 Å².